The van der Waals surface area contributed by atoms with Crippen LogP contribution in [-0.4, -0.2) is 43.8 Å². The minimum absolute atomic E-state index is 0.128. The first-order valence-electron chi connectivity index (χ1n) is 10.1. The van der Waals surface area contributed by atoms with Gasteiger partial charge in [-0.25, -0.2) is 14.6 Å². The zero-order valence-corrected chi connectivity index (χ0v) is 19.3. The van der Waals surface area contributed by atoms with Crippen molar-refractivity contribution >= 4 is 17.7 Å². The van der Waals surface area contributed by atoms with Gasteiger partial charge >= 0.3 is 6.36 Å². The second kappa shape index (κ2) is 10.2. The van der Waals surface area contributed by atoms with E-state index in [4.69, 9.17) is 0 Å². The van der Waals surface area contributed by atoms with Gasteiger partial charge in [-0.3, -0.25) is 4.79 Å². The maximum Gasteiger partial charge on any atom is 0.573 e. The van der Waals surface area contributed by atoms with E-state index in [9.17, 15) is 18.0 Å². The van der Waals surface area contributed by atoms with Crippen molar-refractivity contribution in [1.82, 2.24) is 30.3 Å². The fraction of sp³-hybridized carbons (Fsp3) is 0.381. The Labute approximate surface area is 193 Å². The Morgan fingerprint density at radius 3 is 2.36 bits per heavy atom. The monoisotopic (exact) mass is 480 g/mol. The van der Waals surface area contributed by atoms with Crippen LogP contribution >= 0.6 is 11.8 Å². The Kier molecular flexibility index (Phi) is 7.57. The van der Waals surface area contributed by atoms with Crippen molar-refractivity contribution in [2.75, 3.05) is 6.54 Å². The van der Waals surface area contributed by atoms with Crippen molar-refractivity contribution in [3.8, 4) is 11.4 Å². The molecule has 0 aliphatic carbocycles. The quantitative estimate of drug-likeness (QED) is 0.380. The molecule has 2 heterocycles. The number of benzene rings is 1. The molecule has 33 heavy (non-hydrogen) atoms. The van der Waals surface area contributed by atoms with Crippen LogP contribution in [0.2, 0.25) is 0 Å². The van der Waals surface area contributed by atoms with Crippen LogP contribution in [-0.2, 0) is 5.75 Å². The predicted octanol–water partition coefficient (Wildman–Crippen LogP) is 4.25. The second-order valence-corrected chi connectivity index (χ2v) is 8.61. The molecule has 8 nitrogen and oxygen atoms in total. The Morgan fingerprint density at radius 1 is 1.15 bits per heavy atom. The summed E-state index contributed by atoms with van der Waals surface area (Å²) in [7, 11) is 0. The van der Waals surface area contributed by atoms with E-state index in [0.717, 1.165) is 11.4 Å². The highest BCUT2D eigenvalue weighted by Crippen LogP contribution is 2.26. The molecule has 1 amide bonds. The molecule has 1 aromatic carbocycles. The SMILES string of the molecule is Cc1cc(C)nc(SCc2c(C(=O)NCC(C)C)nnn2-c2ccc(OC(F)(F)F)cc2)n1. The highest BCUT2D eigenvalue weighted by Gasteiger charge is 2.31. The maximum atomic E-state index is 12.7. The number of alkyl halides is 3. The average Bonchev–Trinajstić information content (AvgIpc) is 3.13. The van der Waals surface area contributed by atoms with Crippen LogP contribution < -0.4 is 10.1 Å². The number of aryl methyl sites for hydroxylation is 2. The fourth-order valence-electron chi connectivity index (χ4n) is 2.88. The van der Waals surface area contributed by atoms with Gasteiger partial charge in [0.2, 0.25) is 0 Å². The van der Waals surface area contributed by atoms with Crippen molar-refractivity contribution in [3.63, 3.8) is 0 Å². The smallest absolute Gasteiger partial charge is 0.406 e. The molecule has 0 radical (unpaired) electrons. The third-order valence-corrected chi connectivity index (χ3v) is 5.12. The molecule has 176 valence electrons. The number of thioether (sulfide) groups is 1. The number of amides is 1. The minimum Gasteiger partial charge on any atom is -0.406 e. The molecule has 0 aliphatic heterocycles. The molecule has 0 fully saturated rings. The fourth-order valence-corrected chi connectivity index (χ4v) is 3.82. The lowest BCUT2D eigenvalue weighted by molar-refractivity contribution is -0.274. The number of ether oxygens (including phenoxy) is 1. The van der Waals surface area contributed by atoms with Crippen molar-refractivity contribution in [2.45, 2.75) is 45.0 Å². The number of carbonyl (C=O) groups is 1. The van der Waals surface area contributed by atoms with E-state index in [2.05, 4.69) is 30.3 Å². The van der Waals surface area contributed by atoms with E-state index < -0.39 is 6.36 Å². The molecule has 1 N–H and O–H groups in total. The van der Waals surface area contributed by atoms with Gasteiger partial charge in [-0.15, -0.1) is 18.3 Å². The standard InChI is InChI=1S/C21H23F3N6O2S/c1-12(2)10-25-19(31)18-17(11-33-20-26-13(3)9-14(4)27-20)30(29-28-18)15-5-7-16(8-6-15)32-21(22,23)24/h5-9,12H,10-11H2,1-4H3,(H,25,31). The summed E-state index contributed by atoms with van der Waals surface area (Å²) < 4.78 is 42.7. The van der Waals surface area contributed by atoms with Crippen LogP contribution in [0.25, 0.3) is 5.69 Å². The summed E-state index contributed by atoms with van der Waals surface area (Å²) >= 11 is 1.31. The molecule has 0 saturated heterocycles. The zero-order chi connectivity index (χ0) is 24.2. The van der Waals surface area contributed by atoms with Gasteiger partial charge in [-0.05, 0) is 50.1 Å². The van der Waals surface area contributed by atoms with Crippen LogP contribution in [0.1, 0.15) is 41.4 Å². The van der Waals surface area contributed by atoms with Gasteiger partial charge in [0, 0.05) is 23.7 Å². The van der Waals surface area contributed by atoms with Gasteiger partial charge in [0.1, 0.15) is 5.75 Å². The summed E-state index contributed by atoms with van der Waals surface area (Å²) in [4.78, 5) is 21.5. The van der Waals surface area contributed by atoms with Crippen molar-refractivity contribution in [1.29, 1.82) is 0 Å². The van der Waals surface area contributed by atoms with Crippen LogP contribution in [0, 0.1) is 19.8 Å². The van der Waals surface area contributed by atoms with E-state index in [0.29, 0.717) is 23.1 Å². The molecule has 0 unspecified atom stereocenters. The number of hydrogen-bond donors (Lipinski definition) is 1. The van der Waals surface area contributed by atoms with Crippen molar-refractivity contribution in [3.05, 3.63) is 53.1 Å². The van der Waals surface area contributed by atoms with Crippen LogP contribution in [0.5, 0.6) is 5.75 Å². The van der Waals surface area contributed by atoms with E-state index in [1.54, 1.807) is 0 Å². The van der Waals surface area contributed by atoms with Gasteiger partial charge in [0.15, 0.2) is 10.9 Å². The first kappa shape index (κ1) is 24.5. The number of nitrogens with zero attached hydrogens (tertiary/aromatic N) is 5. The first-order valence-corrected chi connectivity index (χ1v) is 11.0. The Hall–Kier alpha value is -3.15. The zero-order valence-electron chi connectivity index (χ0n) is 18.5. The largest absolute Gasteiger partial charge is 0.573 e. The Balaban J connectivity index is 1.91. The lowest BCUT2D eigenvalue weighted by Crippen LogP contribution is -2.28. The number of aromatic nitrogens is 5. The summed E-state index contributed by atoms with van der Waals surface area (Å²) in [5, 5.41) is 11.5. The van der Waals surface area contributed by atoms with Gasteiger partial charge in [-0.2, -0.15) is 0 Å². The van der Waals surface area contributed by atoms with Crippen molar-refractivity contribution in [2.24, 2.45) is 5.92 Å². The lowest BCUT2D eigenvalue weighted by atomic mass is 10.2. The second-order valence-electron chi connectivity index (χ2n) is 7.66. The summed E-state index contributed by atoms with van der Waals surface area (Å²) in [5.41, 5.74) is 2.65. The molecule has 3 rings (SSSR count). The molecule has 0 bridgehead atoms. The summed E-state index contributed by atoms with van der Waals surface area (Å²) in [6.07, 6.45) is -4.79. The maximum absolute atomic E-state index is 12.7. The average molecular weight is 481 g/mol. The number of nitrogens with one attached hydrogen (secondary N) is 1. The van der Waals surface area contributed by atoms with Gasteiger partial charge < -0.3 is 10.1 Å². The number of hydrogen-bond acceptors (Lipinski definition) is 7. The van der Waals surface area contributed by atoms with Gasteiger partial charge in [0.05, 0.1) is 11.4 Å². The van der Waals surface area contributed by atoms with Crippen LogP contribution in [0.4, 0.5) is 13.2 Å². The van der Waals surface area contributed by atoms with E-state index >= 15 is 0 Å². The first-order chi connectivity index (χ1) is 15.5. The highest BCUT2D eigenvalue weighted by atomic mass is 32.2. The van der Waals surface area contributed by atoms with Gasteiger partial charge in [0.25, 0.3) is 5.91 Å². The Bertz CT molecular complexity index is 1100. The predicted molar refractivity (Wildman–Crippen MR) is 116 cm³/mol. The molecule has 0 saturated carbocycles. The summed E-state index contributed by atoms with van der Waals surface area (Å²) in [6.45, 7) is 8.12. The molecular formula is C21H23F3N6O2S. The van der Waals surface area contributed by atoms with Crippen LogP contribution in [0.15, 0.2) is 35.5 Å². The molecule has 12 heteroatoms. The third kappa shape index (κ3) is 6.91. The highest BCUT2D eigenvalue weighted by molar-refractivity contribution is 7.98. The molecule has 2 aromatic heterocycles. The number of carbonyl (C=O) groups excluding carboxylic acids is 1. The summed E-state index contributed by atoms with van der Waals surface area (Å²) in [5.74, 6) is -0.238. The summed E-state index contributed by atoms with van der Waals surface area (Å²) in [6, 6.07) is 7.02. The lowest BCUT2D eigenvalue weighted by Gasteiger charge is -2.11. The molecule has 3 aromatic rings. The van der Waals surface area contributed by atoms with E-state index in [1.807, 2.05) is 33.8 Å². The normalized spacial score (nSPS) is 11.6. The minimum atomic E-state index is -4.79. The van der Waals surface area contributed by atoms with E-state index in [-0.39, 0.29) is 29.0 Å². The van der Waals surface area contributed by atoms with Crippen LogP contribution in [0.3, 0.4) is 0 Å². The molecule has 0 atom stereocenters. The topological polar surface area (TPSA) is 94.8 Å². The number of rotatable bonds is 8. The molecule has 0 spiro atoms. The Morgan fingerprint density at radius 2 is 1.79 bits per heavy atom. The molecule has 0 aliphatic rings. The van der Waals surface area contributed by atoms with Crippen molar-refractivity contribution < 1.29 is 22.7 Å². The van der Waals surface area contributed by atoms with Gasteiger partial charge in [-0.1, -0.05) is 30.8 Å². The molecular weight excluding hydrogens is 457 g/mol. The third-order valence-electron chi connectivity index (χ3n) is 4.26. The van der Waals surface area contributed by atoms with E-state index in [1.165, 1.54) is 40.7 Å². The number of halogens is 3.